The minimum Gasteiger partial charge on any atom is -0.319 e. The molecule has 0 aliphatic carbocycles. The first-order chi connectivity index (χ1) is 11.1. The number of rotatable bonds is 5. The molecule has 0 aliphatic heterocycles. The van der Waals surface area contributed by atoms with Crippen molar-refractivity contribution < 1.29 is 23.7 Å². The fraction of sp³-hybridized carbons (Fsp3) is 0.250. The van der Waals surface area contributed by atoms with E-state index in [1.165, 1.54) is 6.92 Å². The van der Waals surface area contributed by atoms with E-state index >= 15 is 0 Å². The fourth-order valence-electron chi connectivity index (χ4n) is 1.75. The largest absolute Gasteiger partial charge is 0.471 e. The Kier molecular flexibility index (Phi) is 5.79. The van der Waals surface area contributed by atoms with E-state index in [2.05, 4.69) is 36.0 Å². The van der Waals surface area contributed by atoms with Gasteiger partial charge in [0.05, 0.1) is 10.7 Å². The molecule has 0 spiro atoms. The normalized spacial score (nSPS) is 12.9. The van der Waals surface area contributed by atoms with Gasteiger partial charge < -0.3 is 15.1 Å². The molecular weight excluding hydrogens is 426 g/mol. The number of carbonyl (C=O) groups excluding carboxylic acids is 1. The molecule has 24 heavy (non-hydrogen) atoms. The number of nitrogens with one attached hydrogen (secondary N) is 1. The maximum Gasteiger partial charge on any atom is 0.471 e. The molecular formula is C12H13BrClN4O5P. The summed E-state index contributed by atoms with van der Waals surface area (Å²) < 4.78 is 15.4. The number of phosphoric ester groups is 1. The fourth-order valence-corrected chi connectivity index (χ4v) is 2.93. The molecule has 1 amide bonds. The number of phosphoric acid groups is 1. The SMILES string of the molecule is Cc1ccc(NC(=O)c2nn(C(C)OP(=O)(O)O)nc2Br)c(Cl)c1. The van der Waals surface area contributed by atoms with Gasteiger partial charge in [0.2, 0.25) is 0 Å². The predicted octanol–water partition coefficient (Wildman–Crippen LogP) is 2.88. The zero-order valence-electron chi connectivity index (χ0n) is 12.5. The Hall–Kier alpha value is -1.29. The van der Waals surface area contributed by atoms with Gasteiger partial charge in [-0.3, -0.25) is 9.32 Å². The van der Waals surface area contributed by atoms with E-state index in [-0.39, 0.29) is 10.3 Å². The molecule has 12 heteroatoms. The van der Waals surface area contributed by atoms with Crippen molar-refractivity contribution in [2.24, 2.45) is 0 Å². The monoisotopic (exact) mass is 438 g/mol. The van der Waals surface area contributed by atoms with Crippen molar-refractivity contribution in [1.29, 1.82) is 0 Å². The zero-order valence-corrected chi connectivity index (χ0v) is 15.7. The number of nitrogens with zero attached hydrogens (tertiary/aromatic N) is 3. The number of hydrogen-bond acceptors (Lipinski definition) is 5. The van der Waals surface area contributed by atoms with Crippen LogP contribution in [0.5, 0.6) is 0 Å². The summed E-state index contributed by atoms with van der Waals surface area (Å²) in [4.78, 5) is 30.7. The summed E-state index contributed by atoms with van der Waals surface area (Å²) in [5.74, 6) is -0.595. The van der Waals surface area contributed by atoms with Crippen molar-refractivity contribution in [2.45, 2.75) is 20.1 Å². The van der Waals surface area contributed by atoms with Crippen LogP contribution in [0.3, 0.4) is 0 Å². The number of anilines is 1. The van der Waals surface area contributed by atoms with Crippen LogP contribution < -0.4 is 5.32 Å². The maximum absolute atomic E-state index is 12.3. The van der Waals surface area contributed by atoms with Crippen LogP contribution in [-0.2, 0) is 9.09 Å². The van der Waals surface area contributed by atoms with E-state index in [0.29, 0.717) is 10.7 Å². The molecule has 2 rings (SSSR count). The lowest BCUT2D eigenvalue weighted by Gasteiger charge is -2.12. The second kappa shape index (κ2) is 7.30. The third-order valence-corrected chi connectivity index (χ3v) is 4.22. The van der Waals surface area contributed by atoms with Crippen LogP contribution in [0.1, 0.15) is 29.2 Å². The highest BCUT2D eigenvalue weighted by molar-refractivity contribution is 9.10. The van der Waals surface area contributed by atoms with Gasteiger partial charge in [-0.2, -0.15) is 4.80 Å². The van der Waals surface area contributed by atoms with Crippen molar-refractivity contribution in [1.82, 2.24) is 15.0 Å². The topological polar surface area (TPSA) is 127 Å². The molecule has 0 aliphatic rings. The van der Waals surface area contributed by atoms with E-state index < -0.39 is 20.0 Å². The average molecular weight is 440 g/mol. The molecule has 1 aromatic carbocycles. The molecule has 0 saturated heterocycles. The number of amides is 1. The number of aromatic nitrogens is 3. The number of carbonyl (C=O) groups is 1. The molecule has 0 fully saturated rings. The van der Waals surface area contributed by atoms with Crippen LogP contribution in [0, 0.1) is 6.92 Å². The summed E-state index contributed by atoms with van der Waals surface area (Å²) in [5.41, 5.74) is 1.24. The van der Waals surface area contributed by atoms with E-state index in [1.54, 1.807) is 18.2 Å². The minimum absolute atomic E-state index is 0.0874. The van der Waals surface area contributed by atoms with Crippen LogP contribution >= 0.6 is 35.4 Å². The van der Waals surface area contributed by atoms with Gasteiger partial charge in [-0.05, 0) is 47.5 Å². The van der Waals surface area contributed by atoms with Crippen LogP contribution in [0.15, 0.2) is 22.8 Å². The van der Waals surface area contributed by atoms with Gasteiger partial charge in [-0.15, -0.1) is 10.2 Å². The first kappa shape index (κ1) is 19.0. The summed E-state index contributed by atoms with van der Waals surface area (Å²) in [6.45, 7) is 3.19. The molecule has 3 N–H and O–H groups in total. The van der Waals surface area contributed by atoms with Gasteiger partial charge >= 0.3 is 7.82 Å². The van der Waals surface area contributed by atoms with Crippen molar-refractivity contribution >= 4 is 46.9 Å². The molecule has 2 aromatic rings. The quantitative estimate of drug-likeness (QED) is 0.611. The van der Waals surface area contributed by atoms with Crippen LogP contribution in [0.25, 0.3) is 0 Å². The molecule has 0 bridgehead atoms. The highest BCUT2D eigenvalue weighted by atomic mass is 79.9. The molecule has 0 saturated carbocycles. The van der Waals surface area contributed by atoms with Gasteiger partial charge in [0, 0.05) is 0 Å². The average Bonchev–Trinajstić information content (AvgIpc) is 2.82. The minimum atomic E-state index is -4.72. The van der Waals surface area contributed by atoms with Gasteiger partial charge in [0.25, 0.3) is 5.91 Å². The lowest BCUT2D eigenvalue weighted by molar-refractivity contribution is 0.0762. The van der Waals surface area contributed by atoms with Crippen LogP contribution in [-0.4, -0.2) is 30.7 Å². The Balaban J connectivity index is 2.20. The van der Waals surface area contributed by atoms with E-state index in [1.807, 2.05) is 6.92 Å². The molecule has 1 atom stereocenters. The van der Waals surface area contributed by atoms with Crippen LogP contribution in [0.4, 0.5) is 5.69 Å². The third kappa shape index (κ3) is 4.85. The Morgan fingerprint density at radius 3 is 2.71 bits per heavy atom. The van der Waals surface area contributed by atoms with Gasteiger partial charge in [0.15, 0.2) is 16.5 Å². The van der Waals surface area contributed by atoms with Gasteiger partial charge in [-0.25, -0.2) is 4.57 Å². The highest BCUT2D eigenvalue weighted by Crippen LogP contribution is 2.40. The van der Waals surface area contributed by atoms with Crippen molar-refractivity contribution in [3.8, 4) is 0 Å². The summed E-state index contributed by atoms with van der Waals surface area (Å²) in [6, 6.07) is 5.12. The Labute approximate surface area is 150 Å². The molecule has 1 unspecified atom stereocenters. The van der Waals surface area contributed by atoms with Gasteiger partial charge in [-0.1, -0.05) is 17.7 Å². The Morgan fingerprint density at radius 2 is 2.12 bits per heavy atom. The second-order valence-electron chi connectivity index (χ2n) is 4.79. The Morgan fingerprint density at radius 1 is 1.46 bits per heavy atom. The molecule has 130 valence electrons. The summed E-state index contributed by atoms with van der Waals surface area (Å²) in [7, 11) is -4.72. The van der Waals surface area contributed by atoms with Crippen molar-refractivity contribution in [3.05, 3.63) is 39.1 Å². The van der Waals surface area contributed by atoms with Crippen LogP contribution in [0.2, 0.25) is 5.02 Å². The van der Waals surface area contributed by atoms with Gasteiger partial charge in [0.1, 0.15) is 0 Å². The van der Waals surface area contributed by atoms with E-state index in [4.69, 9.17) is 21.4 Å². The second-order valence-corrected chi connectivity index (χ2v) is 7.14. The molecule has 1 aromatic heterocycles. The van der Waals surface area contributed by atoms with E-state index in [0.717, 1.165) is 10.4 Å². The molecule has 9 nitrogen and oxygen atoms in total. The summed E-state index contributed by atoms with van der Waals surface area (Å²) in [6.07, 6.45) is -1.17. The lowest BCUT2D eigenvalue weighted by atomic mass is 10.2. The summed E-state index contributed by atoms with van der Waals surface area (Å²) >= 11 is 9.13. The number of benzene rings is 1. The summed E-state index contributed by atoms with van der Waals surface area (Å²) in [5, 5.41) is 10.7. The van der Waals surface area contributed by atoms with Crippen molar-refractivity contribution in [2.75, 3.05) is 5.32 Å². The lowest BCUT2D eigenvalue weighted by Crippen LogP contribution is -2.16. The standard InChI is InChI=1S/C12H13BrClN4O5P/c1-6-3-4-9(8(14)5-6)15-12(19)10-11(13)17-18(16-10)7(2)23-24(20,21)22/h3-5,7H,1-2H3,(H,15,19)(H2,20,21,22). The first-order valence-electron chi connectivity index (χ1n) is 6.50. The zero-order chi connectivity index (χ0) is 18.1. The van der Waals surface area contributed by atoms with Crippen molar-refractivity contribution in [3.63, 3.8) is 0 Å². The molecule has 0 radical (unpaired) electrons. The van der Waals surface area contributed by atoms with E-state index in [9.17, 15) is 9.36 Å². The maximum atomic E-state index is 12.3. The number of hydrogen-bond donors (Lipinski definition) is 3. The molecule has 1 heterocycles. The third-order valence-electron chi connectivity index (χ3n) is 2.79. The number of halogens is 2. The Bertz CT molecular complexity index is 824. The smallest absolute Gasteiger partial charge is 0.319 e. The first-order valence-corrected chi connectivity index (χ1v) is 9.20. The number of aryl methyl sites for hydroxylation is 1. The highest BCUT2D eigenvalue weighted by Gasteiger charge is 2.25. The predicted molar refractivity (Wildman–Crippen MR) is 89.7 cm³/mol.